The minimum atomic E-state index is -0.400. The van der Waals surface area contributed by atoms with Gasteiger partial charge in [0.15, 0.2) is 0 Å². The number of methoxy groups -OCH3 is 2. The first-order chi connectivity index (χ1) is 15.0. The predicted molar refractivity (Wildman–Crippen MR) is 115 cm³/mol. The van der Waals surface area contributed by atoms with Gasteiger partial charge in [0.2, 0.25) is 11.8 Å². The number of ether oxygens (including phenoxy) is 3. The van der Waals surface area contributed by atoms with Crippen molar-refractivity contribution in [2.45, 2.75) is 32.2 Å². The Balaban J connectivity index is 2.01. The topological polar surface area (TPSA) is 97.3 Å². The highest BCUT2D eigenvalue weighted by Gasteiger charge is 2.19. The van der Waals surface area contributed by atoms with Crippen LogP contribution in [0, 0.1) is 0 Å². The lowest BCUT2D eigenvalue weighted by molar-refractivity contribution is -0.168. The fraction of sp³-hybridized carbons (Fsp3) is 0.391. The Morgan fingerprint density at radius 2 is 1.68 bits per heavy atom. The van der Waals surface area contributed by atoms with Crippen LogP contribution in [0.25, 0.3) is 0 Å². The molecule has 0 saturated heterocycles. The lowest BCUT2D eigenvalue weighted by atomic mass is 10.1. The van der Waals surface area contributed by atoms with Crippen LogP contribution in [0.2, 0.25) is 0 Å². The third-order valence-corrected chi connectivity index (χ3v) is 4.74. The maximum absolute atomic E-state index is 12.4. The first-order valence-electron chi connectivity index (χ1n) is 10.1. The first-order valence-corrected chi connectivity index (χ1v) is 10.1. The Hall–Kier alpha value is -3.26. The van der Waals surface area contributed by atoms with Crippen LogP contribution in [-0.4, -0.2) is 50.0 Å². The minimum Gasteiger partial charge on any atom is -0.496 e. The summed E-state index contributed by atoms with van der Waals surface area (Å²) < 4.78 is 16.6. The average Bonchev–Trinajstić information content (AvgIpc) is 2.80. The molecule has 0 aliphatic rings. The number of amides is 2. The number of carbonyl (C=O) groups excluding carboxylic acids is 2. The van der Waals surface area contributed by atoms with Gasteiger partial charge in [-0.3, -0.25) is 14.8 Å². The van der Waals surface area contributed by atoms with Crippen LogP contribution in [0.1, 0.15) is 30.4 Å². The van der Waals surface area contributed by atoms with Gasteiger partial charge in [-0.15, -0.1) is 0 Å². The third kappa shape index (κ3) is 7.49. The van der Waals surface area contributed by atoms with Gasteiger partial charge in [-0.25, -0.2) is 5.06 Å². The molecule has 0 bridgehead atoms. The molecule has 0 aliphatic carbocycles. The molecule has 0 saturated carbocycles. The van der Waals surface area contributed by atoms with Crippen molar-refractivity contribution in [2.24, 2.45) is 0 Å². The SMILES string of the molecule is CNC(=O)CCCOc1cc(OC)c(CN(O)C(=O)CCc2ccccc2)c(OC)c1. The molecule has 8 nitrogen and oxygen atoms in total. The van der Waals surface area contributed by atoms with Gasteiger partial charge in [-0.05, 0) is 18.4 Å². The number of rotatable bonds is 12. The van der Waals surface area contributed by atoms with Crippen molar-refractivity contribution >= 4 is 11.8 Å². The quantitative estimate of drug-likeness (QED) is 0.305. The molecule has 0 unspecified atom stereocenters. The molecule has 0 aromatic heterocycles. The van der Waals surface area contributed by atoms with E-state index < -0.39 is 5.91 Å². The molecule has 0 radical (unpaired) electrons. The van der Waals surface area contributed by atoms with Crippen LogP contribution in [0.15, 0.2) is 42.5 Å². The molecule has 31 heavy (non-hydrogen) atoms. The monoisotopic (exact) mass is 430 g/mol. The summed E-state index contributed by atoms with van der Waals surface area (Å²) in [6, 6.07) is 12.9. The molecular weight excluding hydrogens is 400 g/mol. The van der Waals surface area contributed by atoms with Crippen molar-refractivity contribution in [3.63, 3.8) is 0 Å². The number of hydroxylamine groups is 2. The van der Waals surface area contributed by atoms with Crippen molar-refractivity contribution < 1.29 is 29.0 Å². The second-order valence-electron chi connectivity index (χ2n) is 6.87. The Labute approximate surface area is 182 Å². The second-order valence-corrected chi connectivity index (χ2v) is 6.87. The third-order valence-electron chi connectivity index (χ3n) is 4.74. The number of nitrogens with one attached hydrogen (secondary N) is 1. The molecule has 2 aromatic carbocycles. The highest BCUT2D eigenvalue weighted by Crippen LogP contribution is 2.35. The van der Waals surface area contributed by atoms with E-state index in [4.69, 9.17) is 14.2 Å². The summed E-state index contributed by atoms with van der Waals surface area (Å²) >= 11 is 0. The van der Waals surface area contributed by atoms with Crippen LogP contribution >= 0.6 is 0 Å². The standard InChI is InChI=1S/C23H30N2O6/c1-24-22(26)10-7-13-31-18-14-20(29-2)19(21(15-18)30-3)16-25(28)23(27)12-11-17-8-5-4-6-9-17/h4-6,8-9,14-15,28H,7,10-13,16H2,1-3H3,(H,24,26). The van der Waals surface area contributed by atoms with Gasteiger partial charge in [0.25, 0.3) is 0 Å². The van der Waals surface area contributed by atoms with E-state index in [1.807, 2.05) is 30.3 Å². The Morgan fingerprint density at radius 3 is 2.26 bits per heavy atom. The lowest BCUT2D eigenvalue weighted by Gasteiger charge is -2.20. The van der Waals surface area contributed by atoms with Gasteiger partial charge < -0.3 is 19.5 Å². The zero-order valence-corrected chi connectivity index (χ0v) is 18.2. The van der Waals surface area contributed by atoms with Gasteiger partial charge in [-0.1, -0.05) is 30.3 Å². The summed E-state index contributed by atoms with van der Waals surface area (Å²) in [6.07, 6.45) is 1.64. The fourth-order valence-corrected chi connectivity index (χ4v) is 3.01. The molecule has 2 amide bonds. The fourth-order valence-electron chi connectivity index (χ4n) is 3.01. The zero-order chi connectivity index (χ0) is 22.6. The summed E-state index contributed by atoms with van der Waals surface area (Å²) in [4.78, 5) is 23.7. The molecule has 0 aliphatic heterocycles. The molecule has 2 rings (SSSR count). The number of hydrogen-bond donors (Lipinski definition) is 2. The number of aryl methyl sites for hydroxylation is 1. The molecule has 0 spiro atoms. The van der Waals surface area contributed by atoms with E-state index in [9.17, 15) is 14.8 Å². The average molecular weight is 431 g/mol. The first kappa shape index (κ1) is 24.0. The summed E-state index contributed by atoms with van der Waals surface area (Å²) in [6.45, 7) is 0.264. The Kier molecular flexibility index (Phi) is 9.64. The maximum atomic E-state index is 12.4. The molecule has 2 aromatic rings. The molecule has 0 heterocycles. The van der Waals surface area contributed by atoms with E-state index in [0.29, 0.717) is 53.7 Å². The highest BCUT2D eigenvalue weighted by atomic mass is 16.5. The lowest BCUT2D eigenvalue weighted by Crippen LogP contribution is -2.27. The van der Waals surface area contributed by atoms with Crippen LogP contribution in [0.5, 0.6) is 17.2 Å². The second kappa shape index (κ2) is 12.4. The Morgan fingerprint density at radius 1 is 1.03 bits per heavy atom. The number of nitrogens with zero attached hydrogens (tertiary/aromatic N) is 1. The van der Waals surface area contributed by atoms with E-state index in [1.54, 1.807) is 19.2 Å². The van der Waals surface area contributed by atoms with Gasteiger partial charge in [-0.2, -0.15) is 0 Å². The maximum Gasteiger partial charge on any atom is 0.246 e. The smallest absolute Gasteiger partial charge is 0.246 e. The Bertz CT molecular complexity index is 831. The van der Waals surface area contributed by atoms with Crippen molar-refractivity contribution in [1.82, 2.24) is 10.4 Å². The van der Waals surface area contributed by atoms with E-state index in [1.165, 1.54) is 14.2 Å². The normalized spacial score (nSPS) is 10.3. The van der Waals surface area contributed by atoms with Gasteiger partial charge in [0, 0.05) is 32.0 Å². The largest absolute Gasteiger partial charge is 0.496 e. The minimum absolute atomic E-state index is 0.0472. The van der Waals surface area contributed by atoms with Crippen LogP contribution in [0.4, 0.5) is 0 Å². The van der Waals surface area contributed by atoms with Crippen LogP contribution < -0.4 is 19.5 Å². The van der Waals surface area contributed by atoms with E-state index in [0.717, 1.165) is 5.56 Å². The summed E-state index contributed by atoms with van der Waals surface area (Å²) in [5.74, 6) is 0.914. The van der Waals surface area contributed by atoms with Gasteiger partial charge in [0.05, 0.1) is 32.9 Å². The molecule has 168 valence electrons. The molecule has 8 heteroatoms. The molecular formula is C23H30N2O6. The number of benzene rings is 2. The molecule has 2 N–H and O–H groups in total. The van der Waals surface area contributed by atoms with Crippen molar-refractivity contribution in [3.05, 3.63) is 53.6 Å². The zero-order valence-electron chi connectivity index (χ0n) is 18.2. The van der Waals surface area contributed by atoms with Gasteiger partial charge >= 0.3 is 0 Å². The number of carbonyl (C=O) groups is 2. The van der Waals surface area contributed by atoms with E-state index in [2.05, 4.69) is 5.32 Å². The summed E-state index contributed by atoms with van der Waals surface area (Å²) in [5.41, 5.74) is 1.55. The predicted octanol–water partition coefficient (Wildman–Crippen LogP) is 2.96. The van der Waals surface area contributed by atoms with Crippen molar-refractivity contribution in [3.8, 4) is 17.2 Å². The molecule has 0 fully saturated rings. The van der Waals surface area contributed by atoms with Crippen LogP contribution in [0.3, 0.4) is 0 Å². The molecule has 0 atom stereocenters. The van der Waals surface area contributed by atoms with E-state index >= 15 is 0 Å². The van der Waals surface area contributed by atoms with Crippen LogP contribution in [-0.2, 0) is 22.6 Å². The van der Waals surface area contributed by atoms with Gasteiger partial charge in [0.1, 0.15) is 17.2 Å². The highest BCUT2D eigenvalue weighted by molar-refractivity contribution is 5.75. The van der Waals surface area contributed by atoms with Crippen molar-refractivity contribution in [1.29, 1.82) is 0 Å². The summed E-state index contributed by atoms with van der Waals surface area (Å²) in [5, 5.41) is 13.5. The number of hydrogen-bond acceptors (Lipinski definition) is 6. The van der Waals surface area contributed by atoms with E-state index in [-0.39, 0.29) is 18.9 Å². The van der Waals surface area contributed by atoms with Crippen molar-refractivity contribution in [2.75, 3.05) is 27.9 Å². The summed E-state index contributed by atoms with van der Waals surface area (Å²) in [7, 11) is 4.58.